The zero-order chi connectivity index (χ0) is 28.0. The van der Waals surface area contributed by atoms with Crippen LogP contribution in [0.15, 0.2) is 42.5 Å². The predicted molar refractivity (Wildman–Crippen MR) is 143 cm³/mol. The third kappa shape index (κ3) is 8.28. The molecule has 204 valence electrons. The molecular weight excluding hydrogens is 498 g/mol. The van der Waals surface area contributed by atoms with Crippen LogP contribution in [0.1, 0.15) is 33.3 Å². The SMILES string of the molecule is COc1cccc(CN(C(=O)CN(c2cc(OC)ccc2OC)S(C)(=O)=O)C(C)C(=O)NC(C)(C)C)c1. The van der Waals surface area contributed by atoms with E-state index in [0.717, 1.165) is 10.6 Å². The summed E-state index contributed by atoms with van der Waals surface area (Å²) in [6, 6.07) is 10.9. The van der Waals surface area contributed by atoms with Gasteiger partial charge >= 0.3 is 0 Å². The summed E-state index contributed by atoms with van der Waals surface area (Å²) in [4.78, 5) is 28.1. The summed E-state index contributed by atoms with van der Waals surface area (Å²) in [7, 11) is 0.458. The molecule has 0 radical (unpaired) electrons. The Kier molecular flexibility index (Phi) is 9.80. The molecule has 0 aromatic heterocycles. The number of anilines is 1. The van der Waals surface area contributed by atoms with Gasteiger partial charge < -0.3 is 24.4 Å². The molecule has 0 fully saturated rings. The molecule has 10 nitrogen and oxygen atoms in total. The molecule has 0 aliphatic heterocycles. The van der Waals surface area contributed by atoms with Crippen LogP contribution in [0.5, 0.6) is 17.2 Å². The van der Waals surface area contributed by atoms with Crippen molar-refractivity contribution < 1.29 is 32.2 Å². The highest BCUT2D eigenvalue weighted by Crippen LogP contribution is 2.34. The molecule has 0 spiro atoms. The van der Waals surface area contributed by atoms with E-state index in [0.29, 0.717) is 17.1 Å². The molecule has 2 rings (SSSR count). The van der Waals surface area contributed by atoms with Crippen LogP contribution in [-0.2, 0) is 26.2 Å². The van der Waals surface area contributed by atoms with Crippen LogP contribution in [0.25, 0.3) is 0 Å². The number of rotatable bonds is 11. The van der Waals surface area contributed by atoms with E-state index in [1.165, 1.54) is 32.3 Å². The van der Waals surface area contributed by atoms with Crippen LogP contribution in [-0.4, -0.2) is 70.8 Å². The maximum atomic E-state index is 13.7. The van der Waals surface area contributed by atoms with Gasteiger partial charge in [0.1, 0.15) is 29.8 Å². The largest absolute Gasteiger partial charge is 0.497 e. The van der Waals surface area contributed by atoms with Gasteiger partial charge in [0.05, 0.1) is 33.3 Å². The molecule has 11 heteroatoms. The lowest BCUT2D eigenvalue weighted by Crippen LogP contribution is -2.54. The van der Waals surface area contributed by atoms with Gasteiger partial charge in [-0.15, -0.1) is 0 Å². The first-order chi connectivity index (χ1) is 17.2. The van der Waals surface area contributed by atoms with Crippen molar-refractivity contribution in [2.75, 3.05) is 38.4 Å². The highest BCUT2D eigenvalue weighted by Gasteiger charge is 2.32. The monoisotopic (exact) mass is 535 g/mol. The van der Waals surface area contributed by atoms with E-state index >= 15 is 0 Å². The van der Waals surface area contributed by atoms with Gasteiger partial charge in [-0.2, -0.15) is 0 Å². The molecule has 2 amide bonds. The van der Waals surface area contributed by atoms with E-state index in [-0.39, 0.29) is 23.9 Å². The summed E-state index contributed by atoms with van der Waals surface area (Å²) < 4.78 is 42.6. The Bertz CT molecular complexity index is 1210. The molecule has 0 saturated carbocycles. The Morgan fingerprint density at radius 1 is 0.973 bits per heavy atom. The van der Waals surface area contributed by atoms with Crippen molar-refractivity contribution in [3.05, 3.63) is 48.0 Å². The maximum Gasteiger partial charge on any atom is 0.244 e. The molecular formula is C26H37N3O7S. The summed E-state index contributed by atoms with van der Waals surface area (Å²) in [6.07, 6.45) is 1.00. The molecule has 37 heavy (non-hydrogen) atoms. The molecule has 1 unspecified atom stereocenters. The van der Waals surface area contributed by atoms with E-state index < -0.39 is 34.1 Å². The van der Waals surface area contributed by atoms with Crippen molar-refractivity contribution in [1.82, 2.24) is 10.2 Å². The number of hydrogen-bond acceptors (Lipinski definition) is 7. The summed E-state index contributed by atoms with van der Waals surface area (Å²) in [6.45, 7) is 6.63. The first-order valence-electron chi connectivity index (χ1n) is 11.6. The van der Waals surface area contributed by atoms with Crippen LogP contribution in [0.3, 0.4) is 0 Å². The van der Waals surface area contributed by atoms with Gasteiger partial charge in [-0.05, 0) is 57.5 Å². The third-order valence-electron chi connectivity index (χ3n) is 5.49. The number of carbonyl (C=O) groups is 2. The summed E-state index contributed by atoms with van der Waals surface area (Å²) in [5, 5.41) is 2.89. The first-order valence-corrected chi connectivity index (χ1v) is 13.5. The quantitative estimate of drug-likeness (QED) is 0.471. The Balaban J connectivity index is 2.51. The van der Waals surface area contributed by atoms with Crippen molar-refractivity contribution in [3.63, 3.8) is 0 Å². The van der Waals surface area contributed by atoms with Crippen LogP contribution >= 0.6 is 0 Å². The minimum absolute atomic E-state index is 0.0572. The highest BCUT2D eigenvalue weighted by atomic mass is 32.2. The molecule has 0 aliphatic carbocycles. The summed E-state index contributed by atoms with van der Waals surface area (Å²) in [5.74, 6) is 0.291. The Morgan fingerprint density at radius 3 is 2.14 bits per heavy atom. The Hall–Kier alpha value is -3.47. The number of amides is 2. The smallest absolute Gasteiger partial charge is 0.244 e. The molecule has 1 N–H and O–H groups in total. The number of hydrogen-bond donors (Lipinski definition) is 1. The first kappa shape index (κ1) is 29.8. The molecule has 0 heterocycles. The molecule has 0 aliphatic rings. The van der Waals surface area contributed by atoms with Crippen LogP contribution < -0.4 is 23.8 Å². The number of nitrogens with zero attached hydrogens (tertiary/aromatic N) is 2. The van der Waals surface area contributed by atoms with Gasteiger partial charge in [0.15, 0.2) is 0 Å². The van der Waals surface area contributed by atoms with Crippen molar-refractivity contribution in [1.29, 1.82) is 0 Å². The van der Waals surface area contributed by atoms with Gasteiger partial charge in [-0.3, -0.25) is 13.9 Å². The van der Waals surface area contributed by atoms with Crippen LogP contribution in [0.4, 0.5) is 5.69 Å². The van der Waals surface area contributed by atoms with E-state index in [1.54, 1.807) is 43.3 Å². The van der Waals surface area contributed by atoms with Gasteiger partial charge in [0, 0.05) is 18.2 Å². The van der Waals surface area contributed by atoms with Gasteiger partial charge in [-0.25, -0.2) is 8.42 Å². The second-order valence-corrected chi connectivity index (χ2v) is 11.5. The number of methoxy groups -OCH3 is 3. The second kappa shape index (κ2) is 12.2. The zero-order valence-corrected chi connectivity index (χ0v) is 23.5. The summed E-state index contributed by atoms with van der Waals surface area (Å²) >= 11 is 0. The molecule has 2 aromatic rings. The highest BCUT2D eigenvalue weighted by molar-refractivity contribution is 7.92. The summed E-state index contributed by atoms with van der Waals surface area (Å²) in [5.41, 5.74) is 0.335. The van der Waals surface area contributed by atoms with Gasteiger partial charge in [0.2, 0.25) is 21.8 Å². The number of carbonyl (C=O) groups excluding carboxylic acids is 2. The average Bonchev–Trinajstić information content (AvgIpc) is 2.83. The topological polar surface area (TPSA) is 114 Å². The number of ether oxygens (including phenoxy) is 3. The maximum absolute atomic E-state index is 13.7. The van der Waals surface area contributed by atoms with E-state index in [1.807, 2.05) is 20.8 Å². The second-order valence-electron chi connectivity index (χ2n) is 9.60. The van der Waals surface area contributed by atoms with E-state index in [2.05, 4.69) is 5.32 Å². The minimum Gasteiger partial charge on any atom is -0.497 e. The van der Waals surface area contributed by atoms with Crippen molar-refractivity contribution in [2.24, 2.45) is 0 Å². The van der Waals surface area contributed by atoms with Crippen LogP contribution in [0, 0.1) is 0 Å². The number of nitrogens with one attached hydrogen (secondary N) is 1. The normalized spacial score (nSPS) is 12.3. The fourth-order valence-corrected chi connectivity index (χ4v) is 4.46. The van der Waals surface area contributed by atoms with Gasteiger partial charge in [0.25, 0.3) is 0 Å². The minimum atomic E-state index is -3.93. The molecule has 0 saturated heterocycles. The Labute approximate surface area is 219 Å². The van der Waals surface area contributed by atoms with Crippen molar-refractivity contribution in [2.45, 2.75) is 45.8 Å². The number of benzene rings is 2. The van der Waals surface area contributed by atoms with Crippen molar-refractivity contribution in [3.8, 4) is 17.2 Å². The zero-order valence-electron chi connectivity index (χ0n) is 22.7. The lowest BCUT2D eigenvalue weighted by molar-refractivity contribution is -0.140. The molecule has 1 atom stereocenters. The lowest BCUT2D eigenvalue weighted by atomic mass is 10.1. The van der Waals surface area contributed by atoms with Crippen molar-refractivity contribution >= 4 is 27.5 Å². The Morgan fingerprint density at radius 2 is 1.59 bits per heavy atom. The average molecular weight is 536 g/mol. The van der Waals surface area contributed by atoms with Gasteiger partial charge in [-0.1, -0.05) is 12.1 Å². The fourth-order valence-electron chi connectivity index (χ4n) is 3.61. The van der Waals surface area contributed by atoms with E-state index in [4.69, 9.17) is 14.2 Å². The molecule has 2 aromatic carbocycles. The molecule has 0 bridgehead atoms. The van der Waals surface area contributed by atoms with E-state index in [9.17, 15) is 18.0 Å². The van der Waals surface area contributed by atoms with Crippen LogP contribution in [0.2, 0.25) is 0 Å². The lowest BCUT2D eigenvalue weighted by Gasteiger charge is -2.33. The fraction of sp³-hybridized carbons (Fsp3) is 0.462. The predicted octanol–water partition coefficient (Wildman–Crippen LogP) is 2.81. The number of sulfonamides is 1. The standard InChI is InChI=1S/C26H37N3O7S/c1-18(25(31)27-26(2,3)4)28(16-19-10-9-11-20(14-19)34-5)24(30)17-29(37(8,32)33)22-15-21(35-6)12-13-23(22)36-7/h9-15,18H,16-17H2,1-8H3,(H,27,31). The third-order valence-corrected chi connectivity index (χ3v) is 6.61.